The molecule has 0 aliphatic heterocycles. The quantitative estimate of drug-likeness (QED) is 0.891. The molecule has 0 radical (unpaired) electrons. The molecule has 0 bridgehead atoms. The van der Waals surface area contributed by atoms with Gasteiger partial charge in [0.25, 0.3) is 0 Å². The zero-order valence-electron chi connectivity index (χ0n) is 9.46. The lowest BCUT2D eigenvalue weighted by atomic mass is 10.2. The second-order valence-corrected chi connectivity index (χ2v) is 6.34. The van der Waals surface area contributed by atoms with Crippen molar-refractivity contribution < 1.29 is 8.42 Å². The van der Waals surface area contributed by atoms with E-state index in [1.165, 1.54) is 18.5 Å². The Morgan fingerprint density at radius 3 is 2.78 bits per heavy atom. The number of sulfonamides is 1. The first-order valence-electron chi connectivity index (χ1n) is 5.10. The maximum Gasteiger partial charge on any atom is 0.242 e. The van der Waals surface area contributed by atoms with Crippen molar-refractivity contribution in [3.8, 4) is 0 Å². The summed E-state index contributed by atoms with van der Waals surface area (Å²) in [6, 6.07) is 1.13. The van der Waals surface area contributed by atoms with Gasteiger partial charge in [0.1, 0.15) is 4.90 Å². The van der Waals surface area contributed by atoms with Crippen molar-refractivity contribution in [2.75, 3.05) is 0 Å². The first kappa shape index (κ1) is 13.2. The molecule has 0 aromatic carbocycles. The van der Waals surface area contributed by atoms with Crippen LogP contribution >= 0.6 is 15.9 Å². The maximum atomic E-state index is 12.1. The van der Waals surface area contributed by atoms with E-state index < -0.39 is 10.0 Å². The van der Waals surface area contributed by atoms with Crippen LogP contribution in [0.5, 0.6) is 0 Å². The highest BCUT2D eigenvalue weighted by molar-refractivity contribution is 9.10. The third kappa shape index (κ3) is 2.95. The van der Waals surface area contributed by atoms with E-state index in [0.29, 0.717) is 4.47 Å². The minimum absolute atomic E-state index is 0.118. The molecule has 18 heavy (non-hydrogen) atoms. The van der Waals surface area contributed by atoms with E-state index in [2.05, 4.69) is 35.8 Å². The van der Waals surface area contributed by atoms with Crippen molar-refractivity contribution in [2.24, 2.45) is 0 Å². The molecule has 0 fully saturated rings. The van der Waals surface area contributed by atoms with E-state index in [0.717, 1.165) is 5.56 Å². The standard InChI is InChI=1S/C10H11BrN4O2S/c1-7(8-3-13-14-4-8)15-18(16,17)10-2-9(11)5-12-6-10/h2-7,15H,1H3,(H,13,14). The highest BCUT2D eigenvalue weighted by Gasteiger charge is 2.19. The van der Waals surface area contributed by atoms with E-state index in [1.807, 2.05) is 0 Å². The lowest BCUT2D eigenvalue weighted by Gasteiger charge is -2.12. The van der Waals surface area contributed by atoms with Gasteiger partial charge in [0.15, 0.2) is 0 Å². The Morgan fingerprint density at radius 1 is 1.39 bits per heavy atom. The summed E-state index contributed by atoms with van der Waals surface area (Å²) in [5.74, 6) is 0. The summed E-state index contributed by atoms with van der Waals surface area (Å²) in [5.41, 5.74) is 0.765. The molecule has 96 valence electrons. The third-order valence-electron chi connectivity index (χ3n) is 2.34. The predicted octanol–water partition coefficient (Wildman–Crippen LogP) is 1.61. The molecule has 0 saturated heterocycles. The van der Waals surface area contributed by atoms with E-state index in [1.54, 1.807) is 19.3 Å². The molecule has 1 atom stereocenters. The summed E-state index contributed by atoms with van der Waals surface area (Å²) in [7, 11) is -3.59. The average molecular weight is 331 g/mol. The van der Waals surface area contributed by atoms with Crippen LogP contribution in [0.3, 0.4) is 0 Å². The van der Waals surface area contributed by atoms with Gasteiger partial charge in [-0.05, 0) is 28.9 Å². The lowest BCUT2D eigenvalue weighted by molar-refractivity contribution is 0.566. The highest BCUT2D eigenvalue weighted by atomic mass is 79.9. The number of nitrogens with zero attached hydrogens (tertiary/aromatic N) is 2. The largest absolute Gasteiger partial charge is 0.285 e. The number of aromatic amines is 1. The molecule has 0 spiro atoms. The summed E-state index contributed by atoms with van der Waals surface area (Å²) < 4.78 is 27.3. The second kappa shape index (κ2) is 5.17. The van der Waals surface area contributed by atoms with Crippen LogP contribution < -0.4 is 4.72 Å². The van der Waals surface area contributed by atoms with Crippen LogP contribution in [-0.4, -0.2) is 23.6 Å². The summed E-state index contributed by atoms with van der Waals surface area (Å²) >= 11 is 3.19. The number of hydrogen-bond donors (Lipinski definition) is 2. The molecule has 0 aliphatic rings. The van der Waals surface area contributed by atoms with Crippen LogP contribution in [0.15, 0.2) is 40.2 Å². The van der Waals surface area contributed by atoms with Crippen LogP contribution in [0.4, 0.5) is 0 Å². The number of nitrogens with one attached hydrogen (secondary N) is 2. The molecule has 2 heterocycles. The first-order valence-corrected chi connectivity index (χ1v) is 7.38. The van der Waals surface area contributed by atoms with Gasteiger partial charge in [0.05, 0.1) is 6.20 Å². The molecule has 0 aliphatic carbocycles. The molecular weight excluding hydrogens is 320 g/mol. The summed E-state index contributed by atoms with van der Waals surface area (Å²) in [6.07, 6.45) is 6.05. The van der Waals surface area contributed by atoms with Gasteiger partial charge in [-0.15, -0.1) is 0 Å². The molecule has 2 rings (SSSR count). The topological polar surface area (TPSA) is 87.7 Å². The number of hydrogen-bond acceptors (Lipinski definition) is 4. The Kier molecular flexibility index (Phi) is 3.79. The van der Waals surface area contributed by atoms with Crippen molar-refractivity contribution in [1.29, 1.82) is 0 Å². The predicted molar refractivity (Wildman–Crippen MR) is 69.3 cm³/mol. The molecule has 0 saturated carbocycles. The Hall–Kier alpha value is -1.25. The summed E-state index contributed by atoms with van der Waals surface area (Å²) in [4.78, 5) is 3.95. The Bertz CT molecular complexity index is 627. The number of halogens is 1. The Morgan fingerprint density at radius 2 is 2.17 bits per heavy atom. The van der Waals surface area contributed by atoms with Crippen molar-refractivity contribution >= 4 is 26.0 Å². The molecule has 6 nitrogen and oxygen atoms in total. The van der Waals surface area contributed by atoms with Crippen molar-refractivity contribution in [1.82, 2.24) is 19.9 Å². The Labute approximate surface area is 113 Å². The van der Waals surface area contributed by atoms with E-state index in [-0.39, 0.29) is 10.9 Å². The van der Waals surface area contributed by atoms with Crippen LogP contribution in [0, 0.1) is 0 Å². The second-order valence-electron chi connectivity index (χ2n) is 3.71. The monoisotopic (exact) mass is 330 g/mol. The molecule has 8 heteroatoms. The maximum absolute atomic E-state index is 12.1. The van der Waals surface area contributed by atoms with Gasteiger partial charge in [-0.1, -0.05) is 0 Å². The van der Waals surface area contributed by atoms with E-state index >= 15 is 0 Å². The molecule has 2 aromatic rings. The van der Waals surface area contributed by atoms with Crippen LogP contribution in [0.25, 0.3) is 0 Å². The number of rotatable bonds is 4. The average Bonchev–Trinajstić information content (AvgIpc) is 2.82. The number of H-pyrrole nitrogens is 1. The van der Waals surface area contributed by atoms with Gasteiger partial charge >= 0.3 is 0 Å². The minimum Gasteiger partial charge on any atom is -0.285 e. The van der Waals surface area contributed by atoms with Gasteiger partial charge in [-0.2, -0.15) is 5.10 Å². The highest BCUT2D eigenvalue weighted by Crippen LogP contribution is 2.17. The van der Waals surface area contributed by atoms with Gasteiger partial charge in [-0.25, -0.2) is 13.1 Å². The van der Waals surface area contributed by atoms with Crippen molar-refractivity contribution in [3.63, 3.8) is 0 Å². The molecular formula is C10H11BrN4O2S. The summed E-state index contributed by atoms with van der Waals surface area (Å²) in [6.45, 7) is 1.74. The third-order valence-corrected chi connectivity index (χ3v) is 4.28. The molecule has 0 amide bonds. The van der Waals surface area contributed by atoms with Gasteiger partial charge < -0.3 is 0 Å². The van der Waals surface area contributed by atoms with Gasteiger partial charge in [0.2, 0.25) is 10.0 Å². The minimum atomic E-state index is -3.59. The van der Waals surface area contributed by atoms with Crippen molar-refractivity contribution in [2.45, 2.75) is 17.9 Å². The fraction of sp³-hybridized carbons (Fsp3) is 0.200. The zero-order chi connectivity index (χ0) is 13.2. The first-order chi connectivity index (χ1) is 8.49. The smallest absolute Gasteiger partial charge is 0.242 e. The van der Waals surface area contributed by atoms with E-state index in [4.69, 9.17) is 0 Å². The summed E-state index contributed by atoms with van der Waals surface area (Å²) in [5, 5.41) is 6.42. The van der Waals surface area contributed by atoms with Gasteiger partial charge in [0, 0.05) is 34.7 Å². The molecule has 2 N–H and O–H groups in total. The van der Waals surface area contributed by atoms with E-state index in [9.17, 15) is 8.42 Å². The van der Waals surface area contributed by atoms with Gasteiger partial charge in [-0.3, -0.25) is 10.1 Å². The lowest BCUT2D eigenvalue weighted by Crippen LogP contribution is -2.26. The number of pyridine rings is 1. The fourth-order valence-electron chi connectivity index (χ4n) is 1.41. The SMILES string of the molecule is CC(NS(=O)(=O)c1cncc(Br)c1)c1cn[nH]c1. The molecule has 2 aromatic heterocycles. The fourth-order valence-corrected chi connectivity index (χ4v) is 3.14. The normalized spacial score (nSPS) is 13.4. The van der Waals surface area contributed by atoms with Crippen LogP contribution in [0.2, 0.25) is 0 Å². The number of aromatic nitrogens is 3. The zero-order valence-corrected chi connectivity index (χ0v) is 11.9. The van der Waals surface area contributed by atoms with Crippen molar-refractivity contribution in [3.05, 3.63) is 40.9 Å². The molecule has 1 unspecified atom stereocenters. The van der Waals surface area contributed by atoms with Crippen LogP contribution in [0.1, 0.15) is 18.5 Å². The Balaban J connectivity index is 2.22. The van der Waals surface area contributed by atoms with Crippen LogP contribution in [-0.2, 0) is 10.0 Å².